The predicted molar refractivity (Wildman–Crippen MR) is 88.9 cm³/mol. The van der Waals surface area contributed by atoms with Crippen LogP contribution < -0.4 is 5.32 Å². The number of benzene rings is 2. The third-order valence-corrected chi connectivity index (χ3v) is 4.13. The zero-order valence-electron chi connectivity index (χ0n) is 11.3. The predicted octanol–water partition coefficient (Wildman–Crippen LogP) is 4.09. The van der Waals surface area contributed by atoms with Gasteiger partial charge in [-0.25, -0.2) is 0 Å². The van der Waals surface area contributed by atoms with Crippen LogP contribution >= 0.6 is 23.4 Å². The third-order valence-electron chi connectivity index (χ3n) is 3.03. The van der Waals surface area contributed by atoms with Gasteiger partial charge in [0.05, 0.1) is 12.0 Å². The van der Waals surface area contributed by atoms with Crippen LogP contribution in [0.15, 0.2) is 53.4 Å². The molecule has 20 heavy (non-hydrogen) atoms. The van der Waals surface area contributed by atoms with Crippen LogP contribution in [0.3, 0.4) is 0 Å². The molecule has 2 N–H and O–H groups in total. The van der Waals surface area contributed by atoms with Gasteiger partial charge in [-0.1, -0.05) is 30.3 Å². The molecule has 0 amide bonds. The Morgan fingerprint density at radius 3 is 2.50 bits per heavy atom. The van der Waals surface area contributed by atoms with Crippen LogP contribution in [0.25, 0.3) is 11.1 Å². The highest BCUT2D eigenvalue weighted by Gasteiger charge is 2.06. The fourth-order valence-electron chi connectivity index (χ4n) is 1.94. The van der Waals surface area contributed by atoms with Crippen molar-refractivity contribution in [2.45, 2.75) is 11.0 Å². The van der Waals surface area contributed by atoms with E-state index in [1.165, 1.54) is 4.90 Å². The largest absolute Gasteiger partial charge is 0.390 e. The van der Waals surface area contributed by atoms with Gasteiger partial charge in [0.15, 0.2) is 0 Å². The summed E-state index contributed by atoms with van der Waals surface area (Å²) in [6.45, 7) is 0.448. The Hall–Kier alpha value is -1.16. The molecule has 0 aliphatic carbocycles. The first kappa shape index (κ1) is 15.2. The fraction of sp³-hybridized carbons (Fsp3) is 0.250. The van der Waals surface area contributed by atoms with Gasteiger partial charge in [-0.3, -0.25) is 0 Å². The van der Waals surface area contributed by atoms with Crippen molar-refractivity contribution in [1.82, 2.24) is 0 Å². The van der Waals surface area contributed by atoms with Crippen LogP contribution in [0.2, 0.25) is 0 Å². The van der Waals surface area contributed by atoms with E-state index in [1.807, 2.05) is 18.2 Å². The van der Waals surface area contributed by atoms with Gasteiger partial charge in [0.25, 0.3) is 0 Å². The van der Waals surface area contributed by atoms with E-state index in [1.54, 1.807) is 11.8 Å². The number of halogens is 1. The molecule has 0 aliphatic rings. The molecule has 1 atom stereocenters. The van der Waals surface area contributed by atoms with Crippen molar-refractivity contribution in [2.75, 3.05) is 24.0 Å². The Morgan fingerprint density at radius 1 is 1.15 bits per heavy atom. The van der Waals surface area contributed by atoms with Crippen molar-refractivity contribution in [3.05, 3.63) is 48.5 Å². The van der Waals surface area contributed by atoms with E-state index in [9.17, 15) is 5.11 Å². The SMILES string of the molecule is CSc1ccc(-c2ccccc2NCC(O)CCl)cc1. The Labute approximate surface area is 129 Å². The van der Waals surface area contributed by atoms with Gasteiger partial charge in [0, 0.05) is 22.7 Å². The Morgan fingerprint density at radius 2 is 1.85 bits per heavy atom. The molecule has 0 fully saturated rings. The molecule has 106 valence electrons. The molecule has 0 saturated carbocycles. The number of para-hydroxylation sites is 1. The molecule has 1 unspecified atom stereocenters. The molecule has 0 saturated heterocycles. The lowest BCUT2D eigenvalue weighted by atomic mass is 10.0. The van der Waals surface area contributed by atoms with Crippen molar-refractivity contribution >= 4 is 29.1 Å². The van der Waals surface area contributed by atoms with Gasteiger partial charge in [-0.05, 0) is 30.0 Å². The maximum atomic E-state index is 9.55. The van der Waals surface area contributed by atoms with Crippen LogP contribution in [0, 0.1) is 0 Å². The summed E-state index contributed by atoms with van der Waals surface area (Å²) >= 11 is 7.35. The van der Waals surface area contributed by atoms with Gasteiger partial charge in [0.1, 0.15) is 0 Å². The number of hydrogen-bond acceptors (Lipinski definition) is 3. The van der Waals surface area contributed by atoms with E-state index < -0.39 is 6.10 Å². The lowest BCUT2D eigenvalue weighted by molar-refractivity contribution is 0.211. The summed E-state index contributed by atoms with van der Waals surface area (Å²) in [7, 11) is 0. The van der Waals surface area contributed by atoms with Crippen molar-refractivity contribution in [3.63, 3.8) is 0 Å². The van der Waals surface area contributed by atoms with Crippen LogP contribution in [-0.2, 0) is 0 Å². The number of aliphatic hydroxyl groups excluding tert-OH is 1. The van der Waals surface area contributed by atoms with Crippen LogP contribution in [0.1, 0.15) is 0 Å². The maximum absolute atomic E-state index is 9.55. The lowest BCUT2D eigenvalue weighted by Gasteiger charge is -2.14. The molecule has 2 nitrogen and oxygen atoms in total. The normalized spacial score (nSPS) is 12.2. The van der Waals surface area contributed by atoms with E-state index in [0.717, 1.165) is 16.8 Å². The summed E-state index contributed by atoms with van der Waals surface area (Å²) in [5.74, 6) is 0.234. The zero-order chi connectivity index (χ0) is 14.4. The summed E-state index contributed by atoms with van der Waals surface area (Å²) in [6.07, 6.45) is 1.53. The number of nitrogens with one attached hydrogen (secondary N) is 1. The second-order valence-corrected chi connectivity index (χ2v) is 5.65. The molecule has 2 rings (SSSR count). The monoisotopic (exact) mass is 307 g/mol. The van der Waals surface area contributed by atoms with E-state index in [0.29, 0.717) is 6.54 Å². The topological polar surface area (TPSA) is 32.3 Å². The van der Waals surface area contributed by atoms with Crippen LogP contribution in [-0.4, -0.2) is 29.9 Å². The molecular weight excluding hydrogens is 290 g/mol. The summed E-state index contributed by atoms with van der Waals surface area (Å²) in [4.78, 5) is 1.25. The van der Waals surface area contributed by atoms with Gasteiger partial charge in [-0.2, -0.15) is 0 Å². The van der Waals surface area contributed by atoms with E-state index in [4.69, 9.17) is 11.6 Å². The Balaban J connectivity index is 2.22. The first-order valence-corrected chi connectivity index (χ1v) is 8.22. The molecule has 4 heteroatoms. The summed E-state index contributed by atoms with van der Waals surface area (Å²) < 4.78 is 0. The molecule has 0 bridgehead atoms. The molecule has 2 aromatic rings. The highest BCUT2D eigenvalue weighted by molar-refractivity contribution is 7.98. The smallest absolute Gasteiger partial charge is 0.0847 e. The van der Waals surface area contributed by atoms with Crippen molar-refractivity contribution in [3.8, 4) is 11.1 Å². The molecule has 0 radical (unpaired) electrons. The first-order valence-electron chi connectivity index (χ1n) is 6.46. The number of thioether (sulfide) groups is 1. The molecular formula is C16H18ClNOS. The molecule has 0 spiro atoms. The number of rotatable bonds is 6. The quantitative estimate of drug-likeness (QED) is 0.623. The highest BCUT2D eigenvalue weighted by atomic mass is 35.5. The number of alkyl halides is 1. The summed E-state index contributed by atoms with van der Waals surface area (Å²) in [5, 5.41) is 12.8. The second kappa shape index (κ2) is 7.58. The van der Waals surface area contributed by atoms with Gasteiger partial charge in [0.2, 0.25) is 0 Å². The van der Waals surface area contributed by atoms with E-state index >= 15 is 0 Å². The van der Waals surface area contributed by atoms with Gasteiger partial charge >= 0.3 is 0 Å². The minimum absolute atomic E-state index is 0.234. The van der Waals surface area contributed by atoms with Crippen molar-refractivity contribution < 1.29 is 5.11 Å². The number of aliphatic hydroxyl groups is 1. The summed E-state index contributed by atoms with van der Waals surface area (Å²) in [6, 6.07) is 16.5. The molecule has 0 heterocycles. The average Bonchev–Trinajstić information content (AvgIpc) is 2.53. The van der Waals surface area contributed by atoms with Crippen molar-refractivity contribution in [1.29, 1.82) is 0 Å². The highest BCUT2D eigenvalue weighted by Crippen LogP contribution is 2.29. The van der Waals surface area contributed by atoms with Crippen LogP contribution in [0.5, 0.6) is 0 Å². The second-order valence-electron chi connectivity index (χ2n) is 4.46. The summed E-state index contributed by atoms with van der Waals surface area (Å²) in [5.41, 5.74) is 3.29. The van der Waals surface area contributed by atoms with Crippen LogP contribution in [0.4, 0.5) is 5.69 Å². The Kier molecular flexibility index (Phi) is 5.77. The molecule has 0 aromatic heterocycles. The Bertz CT molecular complexity index is 544. The third kappa shape index (κ3) is 3.92. The minimum Gasteiger partial charge on any atom is -0.390 e. The maximum Gasteiger partial charge on any atom is 0.0847 e. The first-order chi connectivity index (χ1) is 9.74. The lowest BCUT2D eigenvalue weighted by Crippen LogP contribution is -2.20. The average molecular weight is 308 g/mol. The van der Waals surface area contributed by atoms with E-state index in [-0.39, 0.29) is 5.88 Å². The van der Waals surface area contributed by atoms with Gasteiger partial charge < -0.3 is 10.4 Å². The molecule has 0 aliphatic heterocycles. The standard InChI is InChI=1S/C16H18ClNOS/c1-20-14-8-6-12(7-9-14)15-4-2-3-5-16(15)18-11-13(19)10-17/h2-9,13,18-19H,10-11H2,1H3. The van der Waals surface area contributed by atoms with Gasteiger partial charge in [-0.15, -0.1) is 23.4 Å². The zero-order valence-corrected chi connectivity index (χ0v) is 12.9. The van der Waals surface area contributed by atoms with E-state index in [2.05, 4.69) is 41.9 Å². The fourth-order valence-corrected chi connectivity index (χ4v) is 2.46. The molecule has 2 aromatic carbocycles. The number of hydrogen-bond donors (Lipinski definition) is 2. The number of anilines is 1. The minimum atomic E-state index is -0.538. The van der Waals surface area contributed by atoms with Crippen molar-refractivity contribution in [2.24, 2.45) is 0 Å².